The number of hydrogen-bond donors (Lipinski definition) is 3. The Morgan fingerprint density at radius 2 is 1.82 bits per heavy atom. The van der Waals surface area contributed by atoms with Gasteiger partial charge in [-0.2, -0.15) is 0 Å². The summed E-state index contributed by atoms with van der Waals surface area (Å²) >= 11 is 0. The number of aliphatic hydroxyl groups is 2. The van der Waals surface area contributed by atoms with Crippen LogP contribution < -0.4 is 5.32 Å². The van der Waals surface area contributed by atoms with Gasteiger partial charge >= 0.3 is 12.1 Å². The number of nitrogens with one attached hydrogen (secondary N) is 1. The fourth-order valence-corrected chi connectivity index (χ4v) is 0.953. The predicted octanol–water partition coefficient (Wildman–Crippen LogP) is -0.247. The summed E-state index contributed by atoms with van der Waals surface area (Å²) in [5, 5.41) is 20.1. The van der Waals surface area contributed by atoms with E-state index >= 15 is 0 Å². The molecule has 0 aliphatic heterocycles. The minimum absolute atomic E-state index is 0.354. The Morgan fingerprint density at radius 1 is 1.29 bits per heavy atom. The van der Waals surface area contributed by atoms with Crippen molar-refractivity contribution in [3.05, 3.63) is 0 Å². The van der Waals surface area contributed by atoms with E-state index in [9.17, 15) is 9.59 Å². The molecule has 0 aromatic rings. The van der Waals surface area contributed by atoms with Crippen molar-refractivity contribution < 1.29 is 29.3 Å². The highest BCUT2D eigenvalue weighted by atomic mass is 16.6. The van der Waals surface area contributed by atoms with E-state index < -0.39 is 30.0 Å². The quantitative estimate of drug-likeness (QED) is 0.469. The highest BCUT2D eigenvalue weighted by Crippen LogP contribution is 2.08. The first-order valence-electron chi connectivity index (χ1n) is 5.08. The molecule has 1 amide bonds. The van der Waals surface area contributed by atoms with Crippen molar-refractivity contribution in [2.75, 3.05) is 7.11 Å². The maximum atomic E-state index is 11.3. The van der Waals surface area contributed by atoms with Gasteiger partial charge in [-0.25, -0.2) is 4.79 Å². The van der Waals surface area contributed by atoms with E-state index in [2.05, 4.69) is 10.1 Å². The third-order valence-electron chi connectivity index (χ3n) is 1.68. The van der Waals surface area contributed by atoms with Crippen molar-refractivity contribution in [1.29, 1.82) is 0 Å². The summed E-state index contributed by atoms with van der Waals surface area (Å²) in [6, 6.07) is -1.17. The Morgan fingerprint density at radius 3 is 2.18 bits per heavy atom. The number of amides is 1. The van der Waals surface area contributed by atoms with Crippen molar-refractivity contribution in [1.82, 2.24) is 5.32 Å². The first-order valence-corrected chi connectivity index (χ1v) is 5.08. The number of esters is 1. The van der Waals surface area contributed by atoms with E-state index in [0.29, 0.717) is 0 Å². The average Bonchev–Trinajstić information content (AvgIpc) is 2.13. The van der Waals surface area contributed by atoms with Gasteiger partial charge in [0.05, 0.1) is 19.6 Å². The Bertz CT molecular complexity index is 270. The molecule has 0 heterocycles. The number of hydrogen-bond acceptors (Lipinski definition) is 6. The third-order valence-corrected chi connectivity index (χ3v) is 1.68. The molecule has 100 valence electrons. The first-order chi connectivity index (χ1) is 7.65. The number of rotatable bonds is 4. The van der Waals surface area contributed by atoms with E-state index in [0.717, 1.165) is 7.11 Å². The second-order valence-electron chi connectivity index (χ2n) is 4.45. The SMILES string of the molecule is COC(=O)C[C@@H](NC(=O)OC(C)(C)C)C(O)O. The van der Waals surface area contributed by atoms with E-state index in [4.69, 9.17) is 14.9 Å². The van der Waals surface area contributed by atoms with Crippen molar-refractivity contribution in [2.45, 2.75) is 45.1 Å². The van der Waals surface area contributed by atoms with Crippen LogP contribution in [0.25, 0.3) is 0 Å². The van der Waals surface area contributed by atoms with Crippen LogP contribution in [0.5, 0.6) is 0 Å². The van der Waals surface area contributed by atoms with E-state index in [1.54, 1.807) is 20.8 Å². The van der Waals surface area contributed by atoms with Crippen LogP contribution in [0.3, 0.4) is 0 Å². The van der Waals surface area contributed by atoms with Crippen molar-refractivity contribution in [2.24, 2.45) is 0 Å². The molecule has 0 saturated heterocycles. The van der Waals surface area contributed by atoms with Crippen LogP contribution in [0.1, 0.15) is 27.2 Å². The smallest absolute Gasteiger partial charge is 0.408 e. The lowest BCUT2D eigenvalue weighted by Crippen LogP contribution is -2.46. The minimum atomic E-state index is -1.87. The second kappa shape index (κ2) is 6.41. The van der Waals surface area contributed by atoms with Gasteiger partial charge in [0, 0.05) is 0 Å². The Hall–Kier alpha value is -1.34. The minimum Gasteiger partial charge on any atom is -0.469 e. The van der Waals surface area contributed by atoms with Gasteiger partial charge in [0.15, 0.2) is 6.29 Å². The zero-order chi connectivity index (χ0) is 13.6. The standard InChI is InChI=1S/C10H19NO6/c1-10(2,3)17-9(15)11-6(8(13)14)5-7(12)16-4/h6,8,13-14H,5H2,1-4H3,(H,11,15)/t6-/m1/s1. The Labute approximate surface area is 99.7 Å². The first kappa shape index (κ1) is 15.7. The van der Waals surface area contributed by atoms with Crippen LogP contribution in [0.4, 0.5) is 4.79 Å². The van der Waals surface area contributed by atoms with Gasteiger partial charge in [-0.05, 0) is 20.8 Å². The number of aliphatic hydroxyl groups excluding tert-OH is 1. The third kappa shape index (κ3) is 7.53. The van der Waals surface area contributed by atoms with Gasteiger partial charge in [-0.3, -0.25) is 4.79 Å². The molecule has 0 aliphatic carbocycles. The highest BCUT2D eigenvalue weighted by molar-refractivity contribution is 5.72. The van der Waals surface area contributed by atoms with Crippen LogP contribution in [0.15, 0.2) is 0 Å². The van der Waals surface area contributed by atoms with Crippen molar-refractivity contribution in [3.8, 4) is 0 Å². The average molecular weight is 249 g/mol. The van der Waals surface area contributed by atoms with Crippen LogP contribution in [-0.2, 0) is 14.3 Å². The number of carbonyl (C=O) groups is 2. The van der Waals surface area contributed by atoms with Gasteiger partial charge in [0.2, 0.25) is 0 Å². The molecule has 0 fully saturated rings. The molecule has 0 aromatic heterocycles. The molecule has 7 heteroatoms. The Balaban J connectivity index is 4.35. The monoisotopic (exact) mass is 249 g/mol. The number of alkyl carbamates (subject to hydrolysis) is 1. The number of ether oxygens (including phenoxy) is 2. The largest absolute Gasteiger partial charge is 0.469 e. The maximum Gasteiger partial charge on any atom is 0.408 e. The molecular weight excluding hydrogens is 230 g/mol. The molecule has 0 unspecified atom stereocenters. The fraction of sp³-hybridized carbons (Fsp3) is 0.800. The molecule has 0 rings (SSSR count). The summed E-state index contributed by atoms with van der Waals surface area (Å²) in [5.41, 5.74) is -0.708. The van der Waals surface area contributed by atoms with Gasteiger partial charge in [0.25, 0.3) is 0 Å². The lowest BCUT2D eigenvalue weighted by atomic mass is 10.2. The predicted molar refractivity (Wildman–Crippen MR) is 58.0 cm³/mol. The summed E-state index contributed by atoms with van der Waals surface area (Å²) < 4.78 is 9.27. The summed E-state index contributed by atoms with van der Waals surface area (Å²) in [6.07, 6.45) is -3.06. The molecule has 0 saturated carbocycles. The highest BCUT2D eigenvalue weighted by Gasteiger charge is 2.25. The maximum absolute atomic E-state index is 11.3. The van der Waals surface area contributed by atoms with Gasteiger partial charge in [-0.15, -0.1) is 0 Å². The van der Waals surface area contributed by atoms with Gasteiger partial charge in [-0.1, -0.05) is 0 Å². The second-order valence-corrected chi connectivity index (χ2v) is 4.45. The normalized spacial score (nSPS) is 13.1. The molecule has 7 nitrogen and oxygen atoms in total. The molecule has 0 spiro atoms. The van der Waals surface area contributed by atoms with Gasteiger partial charge < -0.3 is 25.0 Å². The van der Waals surface area contributed by atoms with E-state index in [1.807, 2.05) is 0 Å². The molecule has 0 bridgehead atoms. The molecule has 0 radical (unpaired) electrons. The molecule has 0 aliphatic rings. The van der Waals surface area contributed by atoms with Crippen LogP contribution in [-0.4, -0.2) is 47.3 Å². The number of methoxy groups -OCH3 is 1. The van der Waals surface area contributed by atoms with Crippen LogP contribution in [0.2, 0.25) is 0 Å². The summed E-state index contributed by atoms with van der Waals surface area (Å²) in [5.74, 6) is -0.667. The summed E-state index contributed by atoms with van der Waals surface area (Å²) in [7, 11) is 1.16. The zero-order valence-corrected chi connectivity index (χ0v) is 10.4. The summed E-state index contributed by atoms with van der Waals surface area (Å²) in [6.45, 7) is 4.99. The molecule has 0 aromatic carbocycles. The lowest BCUT2D eigenvalue weighted by Gasteiger charge is -2.23. The van der Waals surface area contributed by atoms with Crippen LogP contribution in [0, 0.1) is 0 Å². The molecular formula is C10H19NO6. The number of carbonyl (C=O) groups excluding carboxylic acids is 2. The molecule has 1 atom stereocenters. The van der Waals surface area contributed by atoms with E-state index in [1.165, 1.54) is 0 Å². The summed E-state index contributed by atoms with van der Waals surface area (Å²) in [4.78, 5) is 22.3. The van der Waals surface area contributed by atoms with Crippen molar-refractivity contribution in [3.63, 3.8) is 0 Å². The zero-order valence-electron chi connectivity index (χ0n) is 10.4. The van der Waals surface area contributed by atoms with E-state index in [-0.39, 0.29) is 6.42 Å². The van der Waals surface area contributed by atoms with Crippen LogP contribution >= 0.6 is 0 Å². The van der Waals surface area contributed by atoms with Crippen molar-refractivity contribution >= 4 is 12.1 Å². The molecule has 3 N–H and O–H groups in total. The Kier molecular flexibility index (Phi) is 5.90. The molecule has 17 heavy (non-hydrogen) atoms. The lowest BCUT2D eigenvalue weighted by molar-refractivity contribution is -0.144. The fourth-order valence-electron chi connectivity index (χ4n) is 0.953. The topological polar surface area (TPSA) is 105 Å². The van der Waals surface area contributed by atoms with Gasteiger partial charge in [0.1, 0.15) is 5.60 Å².